The van der Waals surface area contributed by atoms with Gasteiger partial charge in [0, 0.05) is 10.5 Å². The Morgan fingerprint density at radius 3 is 2.41 bits per heavy atom. The molecule has 0 N–H and O–H groups in total. The Morgan fingerprint density at radius 2 is 1.65 bits per heavy atom. The van der Waals surface area contributed by atoms with E-state index in [2.05, 4.69) is 23.6 Å². The summed E-state index contributed by atoms with van der Waals surface area (Å²) >= 11 is 1.70. The third-order valence-electron chi connectivity index (χ3n) is 2.33. The number of ether oxygens (including phenoxy) is 1. The third kappa shape index (κ3) is 3.40. The Morgan fingerprint density at radius 1 is 0.941 bits per heavy atom. The molecule has 0 saturated heterocycles. The van der Waals surface area contributed by atoms with Gasteiger partial charge in [-0.25, -0.2) is 0 Å². The van der Waals surface area contributed by atoms with Crippen LogP contribution < -0.4 is 4.74 Å². The Balaban J connectivity index is 2.06. The topological polar surface area (TPSA) is 9.23 Å². The van der Waals surface area contributed by atoms with Crippen LogP contribution in [0.5, 0.6) is 5.75 Å². The van der Waals surface area contributed by atoms with Gasteiger partial charge in [0.15, 0.2) is 0 Å². The molecule has 0 atom stereocenters. The number of rotatable bonds is 4. The summed E-state index contributed by atoms with van der Waals surface area (Å²) in [7, 11) is 1.69. The number of thioether (sulfide) groups is 1. The molecular weight excluding hydrogens is 228 g/mol. The predicted octanol–water partition coefficient (Wildman–Crippen LogP) is 4.46. The van der Waals surface area contributed by atoms with E-state index in [1.807, 2.05) is 42.5 Å². The van der Waals surface area contributed by atoms with Crippen molar-refractivity contribution in [2.75, 3.05) is 7.11 Å². The van der Waals surface area contributed by atoms with E-state index in [0.717, 1.165) is 11.3 Å². The highest BCUT2D eigenvalue weighted by Crippen LogP contribution is 2.23. The van der Waals surface area contributed by atoms with E-state index in [1.54, 1.807) is 18.9 Å². The van der Waals surface area contributed by atoms with E-state index < -0.39 is 0 Å². The first-order valence-electron chi connectivity index (χ1n) is 5.41. The normalized spacial score (nSPS) is 10.6. The first-order chi connectivity index (χ1) is 8.40. The molecule has 0 spiro atoms. The quantitative estimate of drug-likeness (QED) is 0.732. The summed E-state index contributed by atoms with van der Waals surface area (Å²) in [4.78, 5) is 1.23. The number of methoxy groups -OCH3 is 1. The van der Waals surface area contributed by atoms with Gasteiger partial charge in [-0.1, -0.05) is 48.2 Å². The summed E-state index contributed by atoms with van der Waals surface area (Å²) in [5.74, 6) is 0.900. The summed E-state index contributed by atoms with van der Waals surface area (Å²) in [6.07, 6.45) is 2.07. The lowest BCUT2D eigenvalue weighted by Gasteiger charge is -2.03. The van der Waals surface area contributed by atoms with Gasteiger partial charge in [0.1, 0.15) is 5.75 Å². The molecule has 1 nitrogen and oxygen atoms in total. The number of para-hydroxylation sites is 1. The molecule has 17 heavy (non-hydrogen) atoms. The molecule has 0 radical (unpaired) electrons. The van der Waals surface area contributed by atoms with Crippen molar-refractivity contribution < 1.29 is 4.74 Å². The second-order valence-corrected chi connectivity index (χ2v) is 4.45. The van der Waals surface area contributed by atoms with Crippen molar-refractivity contribution in [3.05, 3.63) is 65.6 Å². The largest absolute Gasteiger partial charge is 0.496 e. The Kier molecular flexibility index (Phi) is 4.28. The Labute approximate surface area is 106 Å². The lowest BCUT2D eigenvalue weighted by Crippen LogP contribution is -1.84. The van der Waals surface area contributed by atoms with E-state index in [9.17, 15) is 0 Å². The fraction of sp³-hybridized carbons (Fsp3) is 0.0667. The van der Waals surface area contributed by atoms with E-state index in [4.69, 9.17) is 4.74 Å². The van der Waals surface area contributed by atoms with Crippen molar-refractivity contribution in [1.82, 2.24) is 0 Å². The van der Waals surface area contributed by atoms with Gasteiger partial charge in [-0.3, -0.25) is 0 Å². The highest BCUT2D eigenvalue weighted by Gasteiger charge is 1.96. The standard InChI is InChI=1S/C15H14OS/c1-16-15-10-6-5-7-13(15)11-12-17-14-8-3-2-4-9-14/h2-12H,1H3/b12-11+. The van der Waals surface area contributed by atoms with Crippen molar-refractivity contribution >= 4 is 17.8 Å². The fourth-order valence-corrected chi connectivity index (χ4v) is 2.18. The minimum absolute atomic E-state index is 0.900. The molecule has 0 bridgehead atoms. The zero-order chi connectivity index (χ0) is 11.9. The molecule has 2 aromatic carbocycles. The average molecular weight is 242 g/mol. The number of hydrogen-bond acceptors (Lipinski definition) is 2. The molecule has 0 unspecified atom stereocenters. The lowest BCUT2D eigenvalue weighted by molar-refractivity contribution is 0.414. The average Bonchev–Trinajstić information content (AvgIpc) is 2.40. The van der Waals surface area contributed by atoms with Gasteiger partial charge in [-0.15, -0.1) is 0 Å². The second kappa shape index (κ2) is 6.16. The lowest BCUT2D eigenvalue weighted by atomic mass is 10.2. The minimum Gasteiger partial charge on any atom is -0.496 e. The van der Waals surface area contributed by atoms with Gasteiger partial charge in [0.2, 0.25) is 0 Å². The van der Waals surface area contributed by atoms with Gasteiger partial charge in [-0.2, -0.15) is 0 Å². The molecule has 2 aromatic rings. The fourth-order valence-electron chi connectivity index (χ4n) is 1.49. The highest BCUT2D eigenvalue weighted by molar-refractivity contribution is 8.02. The maximum Gasteiger partial charge on any atom is 0.126 e. The van der Waals surface area contributed by atoms with Crippen LogP contribution >= 0.6 is 11.8 Å². The number of hydrogen-bond donors (Lipinski definition) is 0. The van der Waals surface area contributed by atoms with Crippen LogP contribution in [0.25, 0.3) is 6.08 Å². The van der Waals surface area contributed by atoms with E-state index in [1.165, 1.54) is 4.90 Å². The molecule has 0 fully saturated rings. The van der Waals surface area contributed by atoms with Crippen molar-refractivity contribution in [3.8, 4) is 5.75 Å². The smallest absolute Gasteiger partial charge is 0.126 e. The van der Waals surface area contributed by atoms with Gasteiger partial charge in [0.05, 0.1) is 7.11 Å². The minimum atomic E-state index is 0.900. The van der Waals surface area contributed by atoms with E-state index >= 15 is 0 Å². The molecule has 0 aliphatic carbocycles. The molecule has 0 amide bonds. The molecule has 0 aliphatic heterocycles. The van der Waals surface area contributed by atoms with Crippen LogP contribution in [0.1, 0.15) is 5.56 Å². The van der Waals surface area contributed by atoms with Gasteiger partial charge in [0.25, 0.3) is 0 Å². The monoisotopic (exact) mass is 242 g/mol. The Hall–Kier alpha value is -1.67. The molecule has 0 aliphatic rings. The predicted molar refractivity (Wildman–Crippen MR) is 74.3 cm³/mol. The van der Waals surface area contributed by atoms with Crippen LogP contribution in [0.4, 0.5) is 0 Å². The van der Waals surface area contributed by atoms with E-state index in [-0.39, 0.29) is 0 Å². The van der Waals surface area contributed by atoms with Crippen molar-refractivity contribution in [3.63, 3.8) is 0 Å². The molecular formula is C15H14OS. The first kappa shape index (κ1) is 11.8. The summed E-state index contributed by atoms with van der Waals surface area (Å²) in [6.45, 7) is 0. The summed E-state index contributed by atoms with van der Waals surface area (Å²) in [5, 5.41) is 2.08. The SMILES string of the molecule is COc1ccccc1/C=C/Sc1ccccc1. The summed E-state index contributed by atoms with van der Waals surface area (Å²) < 4.78 is 5.29. The maximum atomic E-state index is 5.29. The molecule has 0 heterocycles. The molecule has 2 heteroatoms. The van der Waals surface area contributed by atoms with Gasteiger partial charge in [-0.05, 0) is 29.7 Å². The second-order valence-electron chi connectivity index (χ2n) is 3.48. The van der Waals surface area contributed by atoms with Crippen molar-refractivity contribution in [1.29, 1.82) is 0 Å². The Bertz CT molecular complexity index is 491. The zero-order valence-corrected chi connectivity index (χ0v) is 10.5. The van der Waals surface area contributed by atoms with Crippen LogP contribution in [0.2, 0.25) is 0 Å². The van der Waals surface area contributed by atoms with Crippen LogP contribution in [0, 0.1) is 0 Å². The zero-order valence-electron chi connectivity index (χ0n) is 9.67. The number of benzene rings is 2. The maximum absolute atomic E-state index is 5.29. The van der Waals surface area contributed by atoms with Crippen LogP contribution in [-0.2, 0) is 0 Å². The van der Waals surface area contributed by atoms with E-state index in [0.29, 0.717) is 0 Å². The summed E-state index contributed by atoms with van der Waals surface area (Å²) in [6, 6.07) is 18.3. The van der Waals surface area contributed by atoms with Gasteiger partial charge >= 0.3 is 0 Å². The molecule has 0 saturated carbocycles. The first-order valence-corrected chi connectivity index (χ1v) is 6.29. The van der Waals surface area contributed by atoms with Gasteiger partial charge < -0.3 is 4.74 Å². The van der Waals surface area contributed by atoms with Crippen LogP contribution in [-0.4, -0.2) is 7.11 Å². The molecule has 86 valence electrons. The van der Waals surface area contributed by atoms with Crippen molar-refractivity contribution in [2.45, 2.75) is 4.90 Å². The highest BCUT2D eigenvalue weighted by atomic mass is 32.2. The summed E-state index contributed by atoms with van der Waals surface area (Å²) in [5.41, 5.74) is 1.10. The molecule has 2 rings (SSSR count). The van der Waals surface area contributed by atoms with Crippen molar-refractivity contribution in [2.24, 2.45) is 0 Å². The van der Waals surface area contributed by atoms with Crippen LogP contribution in [0.3, 0.4) is 0 Å². The molecule has 0 aromatic heterocycles. The van der Waals surface area contributed by atoms with Crippen LogP contribution in [0.15, 0.2) is 64.9 Å². The third-order valence-corrected chi connectivity index (χ3v) is 3.15.